The normalized spacial score (nSPS) is 17.1. The molecule has 164 valence electrons. The predicted octanol–water partition coefficient (Wildman–Crippen LogP) is 5.00. The summed E-state index contributed by atoms with van der Waals surface area (Å²) >= 11 is 6.89. The fourth-order valence-electron chi connectivity index (χ4n) is 3.76. The number of thiophene rings is 1. The lowest BCUT2D eigenvalue weighted by molar-refractivity contribution is -0.119. The van der Waals surface area contributed by atoms with Gasteiger partial charge in [-0.05, 0) is 61.4 Å². The number of oxazole rings is 1. The lowest BCUT2D eigenvalue weighted by Gasteiger charge is -2.22. The maximum absolute atomic E-state index is 13.0. The number of hydrogen-bond donors (Lipinski definition) is 1. The molecular formula is C22H18ClN3O4S2. The van der Waals surface area contributed by atoms with Gasteiger partial charge in [-0.3, -0.25) is 4.79 Å². The van der Waals surface area contributed by atoms with Gasteiger partial charge in [0.25, 0.3) is 10.0 Å². The number of halogens is 1. The standard InChI is InChI=1S/C22H18ClN3O4S2/c23-19-11-12-20(31-19)32(28,29)26-13-3-5-17(26)21(27)24-15-9-7-14(8-10-15)22-25-16-4-1-2-6-18(16)30-22/h1-2,4,6-12,17H,3,5,13H2,(H,24,27)/t17-/m0/s1. The summed E-state index contributed by atoms with van der Waals surface area (Å²) < 4.78 is 33.5. The van der Waals surface area contributed by atoms with E-state index in [0.717, 1.165) is 22.4 Å². The van der Waals surface area contributed by atoms with Gasteiger partial charge < -0.3 is 9.73 Å². The van der Waals surface area contributed by atoms with Crippen LogP contribution in [0.1, 0.15) is 12.8 Å². The maximum Gasteiger partial charge on any atom is 0.253 e. The summed E-state index contributed by atoms with van der Waals surface area (Å²) in [7, 11) is -3.77. The number of nitrogens with zero attached hydrogens (tertiary/aromatic N) is 2. The van der Waals surface area contributed by atoms with E-state index < -0.39 is 16.1 Å². The van der Waals surface area contributed by atoms with Crippen LogP contribution in [-0.4, -0.2) is 36.2 Å². The second-order valence-corrected chi connectivity index (χ2v) is 11.2. The highest BCUT2D eigenvalue weighted by molar-refractivity contribution is 7.91. The van der Waals surface area contributed by atoms with Crippen molar-refractivity contribution in [3.05, 3.63) is 65.0 Å². The quantitative estimate of drug-likeness (QED) is 0.427. The second kappa shape index (κ2) is 8.32. The Morgan fingerprint density at radius 2 is 1.91 bits per heavy atom. The molecule has 1 aliphatic heterocycles. The van der Waals surface area contributed by atoms with Gasteiger partial charge in [-0.2, -0.15) is 4.31 Å². The molecule has 1 amide bonds. The van der Waals surface area contributed by atoms with Gasteiger partial charge in [0.2, 0.25) is 11.8 Å². The summed E-state index contributed by atoms with van der Waals surface area (Å²) in [6, 6.07) is 16.9. The highest BCUT2D eigenvalue weighted by Gasteiger charge is 2.40. The number of amides is 1. The van der Waals surface area contributed by atoms with Crippen LogP contribution in [0.25, 0.3) is 22.6 Å². The van der Waals surface area contributed by atoms with Crippen molar-refractivity contribution in [3.63, 3.8) is 0 Å². The third-order valence-electron chi connectivity index (χ3n) is 5.31. The summed E-state index contributed by atoms with van der Waals surface area (Å²) in [5.74, 6) is 0.134. The number of rotatable bonds is 5. The first-order valence-corrected chi connectivity index (χ1v) is 12.6. The number of sulfonamides is 1. The van der Waals surface area contributed by atoms with Crippen LogP contribution in [0.3, 0.4) is 0 Å². The van der Waals surface area contributed by atoms with Crippen molar-refractivity contribution >= 4 is 55.7 Å². The van der Waals surface area contributed by atoms with E-state index in [-0.39, 0.29) is 10.1 Å². The molecule has 7 nitrogen and oxygen atoms in total. The van der Waals surface area contributed by atoms with Crippen LogP contribution in [0.15, 0.2) is 69.3 Å². The molecule has 3 heterocycles. The number of fused-ring (bicyclic) bond motifs is 1. The first-order valence-electron chi connectivity index (χ1n) is 9.96. The zero-order valence-electron chi connectivity index (χ0n) is 16.7. The molecule has 1 aliphatic rings. The lowest BCUT2D eigenvalue weighted by atomic mass is 10.2. The lowest BCUT2D eigenvalue weighted by Crippen LogP contribution is -2.42. The minimum absolute atomic E-state index is 0.143. The Hall–Kier alpha value is -2.72. The van der Waals surface area contributed by atoms with E-state index in [0.29, 0.717) is 40.9 Å². The molecule has 2 aromatic heterocycles. The van der Waals surface area contributed by atoms with Gasteiger partial charge in [0.15, 0.2) is 5.58 Å². The Morgan fingerprint density at radius 3 is 2.62 bits per heavy atom. The van der Waals surface area contributed by atoms with Crippen molar-refractivity contribution < 1.29 is 17.6 Å². The Morgan fingerprint density at radius 1 is 1.12 bits per heavy atom. The summed E-state index contributed by atoms with van der Waals surface area (Å²) in [6.07, 6.45) is 1.08. The Kier molecular flexibility index (Phi) is 5.50. The zero-order chi connectivity index (χ0) is 22.3. The summed E-state index contributed by atoms with van der Waals surface area (Å²) in [5.41, 5.74) is 2.82. The van der Waals surface area contributed by atoms with Crippen LogP contribution in [0, 0.1) is 0 Å². The Balaban J connectivity index is 1.32. The number of para-hydroxylation sites is 2. The summed E-state index contributed by atoms with van der Waals surface area (Å²) in [6.45, 7) is 0.298. The fraction of sp³-hybridized carbons (Fsp3) is 0.182. The zero-order valence-corrected chi connectivity index (χ0v) is 19.1. The third-order valence-corrected chi connectivity index (χ3v) is 8.92. The largest absolute Gasteiger partial charge is 0.436 e. The Labute approximate surface area is 193 Å². The number of hydrogen-bond acceptors (Lipinski definition) is 6. The van der Waals surface area contributed by atoms with E-state index in [1.54, 1.807) is 30.3 Å². The van der Waals surface area contributed by atoms with Crippen molar-refractivity contribution in [1.82, 2.24) is 9.29 Å². The second-order valence-electron chi connectivity index (χ2n) is 7.39. The molecule has 1 fully saturated rings. The van der Waals surface area contributed by atoms with Crippen molar-refractivity contribution in [1.29, 1.82) is 0 Å². The predicted molar refractivity (Wildman–Crippen MR) is 124 cm³/mol. The van der Waals surface area contributed by atoms with Crippen LogP contribution in [-0.2, 0) is 14.8 Å². The number of aromatic nitrogens is 1. The van der Waals surface area contributed by atoms with Gasteiger partial charge in [-0.25, -0.2) is 13.4 Å². The SMILES string of the molecule is O=C(Nc1ccc(-c2nc3ccccc3o2)cc1)[C@@H]1CCCN1S(=O)(=O)c1ccc(Cl)s1. The van der Waals surface area contributed by atoms with Crippen molar-refractivity contribution in [2.75, 3.05) is 11.9 Å². The van der Waals surface area contributed by atoms with Crippen molar-refractivity contribution in [2.24, 2.45) is 0 Å². The Bertz CT molecular complexity index is 1360. The molecule has 1 atom stereocenters. The third kappa shape index (κ3) is 3.93. The topological polar surface area (TPSA) is 92.5 Å². The molecule has 10 heteroatoms. The van der Waals surface area contributed by atoms with E-state index in [2.05, 4.69) is 10.3 Å². The highest BCUT2D eigenvalue weighted by Crippen LogP contribution is 2.33. The minimum atomic E-state index is -3.77. The molecule has 0 unspecified atom stereocenters. The average Bonchev–Trinajstić information content (AvgIpc) is 3.53. The van der Waals surface area contributed by atoms with E-state index >= 15 is 0 Å². The molecule has 1 saturated heterocycles. The van der Waals surface area contributed by atoms with Gasteiger partial charge in [0.1, 0.15) is 15.8 Å². The van der Waals surface area contributed by atoms with Gasteiger partial charge in [0, 0.05) is 17.8 Å². The van der Waals surface area contributed by atoms with Crippen LogP contribution in [0.2, 0.25) is 4.34 Å². The number of nitrogens with one attached hydrogen (secondary N) is 1. The minimum Gasteiger partial charge on any atom is -0.436 e. The number of carbonyl (C=O) groups excluding carboxylic acids is 1. The van der Waals surface area contributed by atoms with E-state index in [4.69, 9.17) is 16.0 Å². The fourth-order valence-corrected chi connectivity index (χ4v) is 7.03. The van der Waals surface area contributed by atoms with Gasteiger partial charge in [-0.1, -0.05) is 23.7 Å². The van der Waals surface area contributed by atoms with Crippen molar-refractivity contribution in [2.45, 2.75) is 23.1 Å². The first kappa shape index (κ1) is 21.1. The maximum atomic E-state index is 13.0. The molecule has 5 rings (SSSR count). The molecule has 0 saturated carbocycles. The summed E-state index contributed by atoms with van der Waals surface area (Å²) in [4.78, 5) is 17.4. The molecule has 32 heavy (non-hydrogen) atoms. The van der Waals surface area contributed by atoms with Gasteiger partial charge in [-0.15, -0.1) is 11.3 Å². The molecule has 4 aromatic rings. The summed E-state index contributed by atoms with van der Waals surface area (Å²) in [5, 5.41) is 2.83. The molecular weight excluding hydrogens is 470 g/mol. The molecule has 0 bridgehead atoms. The molecule has 0 aliphatic carbocycles. The molecule has 2 aromatic carbocycles. The van der Waals surface area contributed by atoms with Crippen LogP contribution in [0.4, 0.5) is 5.69 Å². The van der Waals surface area contributed by atoms with Crippen LogP contribution < -0.4 is 5.32 Å². The average molecular weight is 488 g/mol. The highest BCUT2D eigenvalue weighted by atomic mass is 35.5. The number of anilines is 1. The van der Waals surface area contributed by atoms with Gasteiger partial charge >= 0.3 is 0 Å². The molecule has 0 spiro atoms. The van der Waals surface area contributed by atoms with Crippen LogP contribution >= 0.6 is 22.9 Å². The number of carbonyl (C=O) groups is 1. The van der Waals surface area contributed by atoms with E-state index in [9.17, 15) is 13.2 Å². The first-order chi connectivity index (χ1) is 15.4. The van der Waals surface area contributed by atoms with E-state index in [1.165, 1.54) is 10.4 Å². The van der Waals surface area contributed by atoms with Gasteiger partial charge in [0.05, 0.1) is 4.34 Å². The van der Waals surface area contributed by atoms with Crippen molar-refractivity contribution in [3.8, 4) is 11.5 Å². The van der Waals surface area contributed by atoms with Crippen LogP contribution in [0.5, 0.6) is 0 Å². The smallest absolute Gasteiger partial charge is 0.253 e. The molecule has 1 N–H and O–H groups in total. The monoisotopic (exact) mass is 487 g/mol. The molecule has 0 radical (unpaired) electrons. The number of benzene rings is 2. The van der Waals surface area contributed by atoms with E-state index in [1.807, 2.05) is 24.3 Å².